The van der Waals surface area contributed by atoms with Crippen LogP contribution in [0.4, 0.5) is 0 Å². The molecule has 0 radical (unpaired) electrons. The third-order valence-corrected chi connectivity index (χ3v) is 3.34. The normalized spacial score (nSPS) is 16.7. The third kappa shape index (κ3) is 1.54. The first-order valence-electron chi connectivity index (χ1n) is 5.88. The number of benzene rings is 1. The van der Waals surface area contributed by atoms with Crippen molar-refractivity contribution in [2.24, 2.45) is 0 Å². The molecule has 3 rings (SSSR count). The first-order chi connectivity index (χ1) is 8.27. The van der Waals surface area contributed by atoms with Gasteiger partial charge in [0.05, 0.1) is 0 Å². The van der Waals surface area contributed by atoms with Crippen molar-refractivity contribution in [2.75, 3.05) is 0 Å². The van der Waals surface area contributed by atoms with Crippen LogP contribution < -0.4 is 0 Å². The molecule has 0 aliphatic heterocycles. The zero-order chi connectivity index (χ0) is 11.8. The molecule has 0 unspecified atom stereocenters. The van der Waals surface area contributed by atoms with Crippen LogP contribution in [-0.4, -0.2) is 0 Å². The predicted octanol–water partition coefficient (Wildman–Crippen LogP) is 4.70. The molecule has 0 aromatic heterocycles. The second-order valence-electron chi connectivity index (χ2n) is 4.53. The molecule has 1 aromatic carbocycles. The van der Waals surface area contributed by atoms with E-state index in [1.165, 1.54) is 27.8 Å². The molecular formula is C17H14. The predicted molar refractivity (Wildman–Crippen MR) is 75.3 cm³/mol. The van der Waals surface area contributed by atoms with E-state index in [-0.39, 0.29) is 0 Å². The van der Waals surface area contributed by atoms with Gasteiger partial charge < -0.3 is 0 Å². The van der Waals surface area contributed by atoms with Gasteiger partial charge in [0.25, 0.3) is 0 Å². The lowest BCUT2D eigenvalue weighted by Gasteiger charge is -2.20. The Hall–Kier alpha value is -2.04. The van der Waals surface area contributed by atoms with Crippen LogP contribution in [-0.2, 0) is 0 Å². The van der Waals surface area contributed by atoms with E-state index in [1.54, 1.807) is 0 Å². The van der Waals surface area contributed by atoms with Crippen molar-refractivity contribution in [2.45, 2.75) is 12.8 Å². The lowest BCUT2D eigenvalue weighted by molar-refractivity contribution is 1.32. The second-order valence-corrected chi connectivity index (χ2v) is 4.53. The van der Waals surface area contributed by atoms with Crippen LogP contribution in [0.2, 0.25) is 0 Å². The van der Waals surface area contributed by atoms with Crippen molar-refractivity contribution in [1.82, 2.24) is 0 Å². The highest BCUT2D eigenvalue weighted by atomic mass is 14.2. The van der Waals surface area contributed by atoms with Crippen molar-refractivity contribution < 1.29 is 0 Å². The fraction of sp³-hybridized carbons (Fsp3) is 0.118. The first kappa shape index (κ1) is 10.1. The average Bonchev–Trinajstić information content (AvgIpc) is 2.52. The van der Waals surface area contributed by atoms with E-state index in [4.69, 9.17) is 0 Å². The number of hydrogen-bond acceptors (Lipinski definition) is 0. The Labute approximate surface area is 102 Å². The molecule has 0 fully saturated rings. The summed E-state index contributed by atoms with van der Waals surface area (Å²) in [6, 6.07) is 4.31. The minimum Gasteiger partial charge on any atom is -0.124 e. The van der Waals surface area contributed by atoms with E-state index in [2.05, 4.69) is 43.2 Å². The van der Waals surface area contributed by atoms with E-state index in [1.807, 2.05) is 12.2 Å². The van der Waals surface area contributed by atoms with Crippen LogP contribution in [0.3, 0.4) is 0 Å². The molecule has 0 saturated heterocycles. The first-order valence-corrected chi connectivity index (χ1v) is 5.88. The Morgan fingerprint density at radius 2 is 1.65 bits per heavy atom. The molecule has 2 aliphatic carbocycles. The SMILES string of the molecule is C=C1CC=C=Cc2ccc3c(c21)C(=C)CC=C3. The van der Waals surface area contributed by atoms with Crippen LogP contribution in [0.5, 0.6) is 0 Å². The molecule has 17 heavy (non-hydrogen) atoms. The quantitative estimate of drug-likeness (QED) is 0.553. The van der Waals surface area contributed by atoms with E-state index in [0.717, 1.165) is 18.4 Å². The summed E-state index contributed by atoms with van der Waals surface area (Å²) in [5, 5.41) is 0. The fourth-order valence-corrected chi connectivity index (χ4v) is 2.52. The third-order valence-electron chi connectivity index (χ3n) is 3.34. The Kier molecular flexibility index (Phi) is 2.24. The zero-order valence-corrected chi connectivity index (χ0v) is 9.79. The molecule has 0 saturated carbocycles. The van der Waals surface area contributed by atoms with Crippen LogP contribution in [0, 0.1) is 0 Å². The van der Waals surface area contributed by atoms with Crippen LogP contribution in [0.15, 0.2) is 43.2 Å². The van der Waals surface area contributed by atoms with Crippen LogP contribution in [0.1, 0.15) is 35.1 Å². The number of allylic oxidation sites excluding steroid dienone is 4. The molecule has 0 amide bonds. The minimum absolute atomic E-state index is 0.872. The van der Waals surface area contributed by atoms with Gasteiger partial charge >= 0.3 is 0 Å². The molecule has 0 N–H and O–H groups in total. The molecule has 2 aliphatic rings. The van der Waals surface area contributed by atoms with Gasteiger partial charge in [-0.3, -0.25) is 0 Å². The fourth-order valence-electron chi connectivity index (χ4n) is 2.52. The highest BCUT2D eigenvalue weighted by molar-refractivity contribution is 5.90. The largest absolute Gasteiger partial charge is 0.124 e. The molecule has 0 bridgehead atoms. The number of hydrogen-bond donors (Lipinski definition) is 0. The molecule has 82 valence electrons. The van der Waals surface area contributed by atoms with Crippen molar-refractivity contribution in [3.63, 3.8) is 0 Å². The lowest BCUT2D eigenvalue weighted by Crippen LogP contribution is -2.00. The van der Waals surface area contributed by atoms with E-state index in [0.29, 0.717) is 0 Å². The average molecular weight is 218 g/mol. The van der Waals surface area contributed by atoms with E-state index in [9.17, 15) is 0 Å². The second kappa shape index (κ2) is 3.76. The van der Waals surface area contributed by atoms with Gasteiger partial charge in [0.1, 0.15) is 0 Å². The molecule has 0 nitrogen and oxygen atoms in total. The Balaban J connectivity index is 2.37. The standard InChI is InChI=1S/C17H14/c1-12-6-3-4-8-14-10-11-15-9-5-7-13(2)17(15)16(12)14/h3,5,8-11H,1-2,6-7H2. The van der Waals surface area contributed by atoms with Crippen molar-refractivity contribution in [1.29, 1.82) is 0 Å². The maximum atomic E-state index is 4.20. The van der Waals surface area contributed by atoms with E-state index >= 15 is 0 Å². The van der Waals surface area contributed by atoms with Crippen LogP contribution >= 0.6 is 0 Å². The maximum Gasteiger partial charge on any atom is -0.00207 e. The van der Waals surface area contributed by atoms with Crippen molar-refractivity contribution >= 4 is 23.3 Å². The molecule has 0 atom stereocenters. The smallest absolute Gasteiger partial charge is 0.00207 e. The molecule has 0 heterocycles. The topological polar surface area (TPSA) is 0 Å². The Morgan fingerprint density at radius 1 is 0.941 bits per heavy atom. The summed E-state index contributed by atoms with van der Waals surface area (Å²) < 4.78 is 0. The van der Waals surface area contributed by atoms with Gasteiger partial charge in [-0.15, -0.1) is 5.73 Å². The number of rotatable bonds is 0. The Morgan fingerprint density at radius 3 is 2.53 bits per heavy atom. The van der Waals surface area contributed by atoms with Gasteiger partial charge in [0.2, 0.25) is 0 Å². The molecule has 1 aromatic rings. The van der Waals surface area contributed by atoms with Gasteiger partial charge in [-0.2, -0.15) is 0 Å². The highest BCUT2D eigenvalue weighted by Gasteiger charge is 2.17. The van der Waals surface area contributed by atoms with Crippen LogP contribution in [0.25, 0.3) is 23.3 Å². The monoisotopic (exact) mass is 218 g/mol. The minimum atomic E-state index is 0.872. The Bertz CT molecular complexity index is 618. The summed E-state index contributed by atoms with van der Waals surface area (Å²) in [6.45, 7) is 8.39. The zero-order valence-electron chi connectivity index (χ0n) is 9.79. The summed E-state index contributed by atoms with van der Waals surface area (Å²) in [7, 11) is 0. The summed E-state index contributed by atoms with van der Waals surface area (Å²) in [5.74, 6) is 0. The maximum absolute atomic E-state index is 4.20. The summed E-state index contributed by atoms with van der Waals surface area (Å²) >= 11 is 0. The molecular weight excluding hydrogens is 204 g/mol. The summed E-state index contributed by atoms with van der Waals surface area (Å²) in [6.07, 6.45) is 10.2. The summed E-state index contributed by atoms with van der Waals surface area (Å²) in [4.78, 5) is 0. The highest BCUT2D eigenvalue weighted by Crippen LogP contribution is 2.37. The summed E-state index contributed by atoms with van der Waals surface area (Å²) in [5.41, 5.74) is 10.6. The van der Waals surface area contributed by atoms with Gasteiger partial charge in [-0.05, 0) is 58.4 Å². The van der Waals surface area contributed by atoms with Gasteiger partial charge in [-0.25, -0.2) is 0 Å². The van der Waals surface area contributed by atoms with Crippen molar-refractivity contribution in [3.05, 3.63) is 65.4 Å². The molecule has 0 heteroatoms. The van der Waals surface area contributed by atoms with Crippen molar-refractivity contribution in [3.8, 4) is 0 Å². The van der Waals surface area contributed by atoms with Gasteiger partial charge in [0.15, 0.2) is 0 Å². The molecule has 0 spiro atoms. The van der Waals surface area contributed by atoms with E-state index < -0.39 is 0 Å². The number of fused-ring (bicyclic) bond motifs is 3. The van der Waals surface area contributed by atoms with Gasteiger partial charge in [0, 0.05) is 0 Å². The lowest BCUT2D eigenvalue weighted by atomic mass is 9.84. The van der Waals surface area contributed by atoms with Gasteiger partial charge in [-0.1, -0.05) is 37.4 Å².